The summed E-state index contributed by atoms with van der Waals surface area (Å²) in [5.41, 5.74) is 6.91. The van der Waals surface area contributed by atoms with Crippen LogP contribution in [-0.2, 0) is 0 Å². The van der Waals surface area contributed by atoms with Crippen molar-refractivity contribution in [1.29, 1.82) is 0 Å². The monoisotopic (exact) mass is 203 g/mol. The molecule has 0 aromatic carbocycles. The molecule has 4 N–H and O–H groups in total. The maximum absolute atomic E-state index is 6.51. The minimum Gasteiger partial charge on any atom is -0.412 e. The molecule has 0 atom stereocenters. The van der Waals surface area contributed by atoms with Crippen molar-refractivity contribution in [3.05, 3.63) is 0 Å². The topological polar surface area (TPSA) is 57.5 Å². The van der Waals surface area contributed by atoms with E-state index in [1.165, 1.54) is 19.3 Å². The summed E-state index contributed by atoms with van der Waals surface area (Å²) in [5, 5.41) is 0. The minimum atomic E-state index is 0. The lowest BCUT2D eigenvalue weighted by molar-refractivity contribution is 0.0897. The van der Waals surface area contributed by atoms with Gasteiger partial charge in [0.1, 0.15) is 0 Å². The van der Waals surface area contributed by atoms with Crippen LogP contribution in [0.4, 0.5) is 0 Å². The Hall–Kier alpha value is -0.0800. The summed E-state index contributed by atoms with van der Waals surface area (Å²) in [7, 11) is 0. The summed E-state index contributed by atoms with van der Waals surface area (Å²) in [6.45, 7) is 11.3. The van der Waals surface area contributed by atoms with E-state index < -0.39 is 0 Å². The standard InChI is InChI=1S/C12H27N.H2O/c1-6-11(7-2,8-3)12(13,9-4)10-5;/h6-10,13H2,1-5H3;1H2. The molecule has 0 unspecified atom stereocenters. The molecule has 0 heterocycles. The second-order valence-corrected chi connectivity index (χ2v) is 4.20. The molecule has 0 aromatic heterocycles. The fourth-order valence-electron chi connectivity index (χ4n) is 2.81. The molecule has 0 fully saturated rings. The first kappa shape index (κ1) is 16.4. The molecular weight excluding hydrogens is 174 g/mol. The summed E-state index contributed by atoms with van der Waals surface area (Å²) in [6.07, 6.45) is 5.81. The second kappa shape index (κ2) is 6.41. The van der Waals surface area contributed by atoms with E-state index in [9.17, 15) is 0 Å². The Morgan fingerprint density at radius 2 is 1.00 bits per heavy atom. The highest BCUT2D eigenvalue weighted by molar-refractivity contribution is 4.98. The van der Waals surface area contributed by atoms with Gasteiger partial charge in [0, 0.05) is 5.54 Å². The van der Waals surface area contributed by atoms with Gasteiger partial charge < -0.3 is 11.2 Å². The maximum atomic E-state index is 6.51. The van der Waals surface area contributed by atoms with E-state index in [4.69, 9.17) is 5.73 Å². The Balaban J connectivity index is 0. The van der Waals surface area contributed by atoms with Crippen molar-refractivity contribution in [2.45, 2.75) is 72.3 Å². The van der Waals surface area contributed by atoms with Gasteiger partial charge in [0.05, 0.1) is 0 Å². The second-order valence-electron chi connectivity index (χ2n) is 4.20. The third-order valence-corrected chi connectivity index (χ3v) is 4.35. The Morgan fingerprint density at radius 3 is 1.07 bits per heavy atom. The van der Waals surface area contributed by atoms with Crippen molar-refractivity contribution in [2.75, 3.05) is 0 Å². The molecule has 0 aliphatic carbocycles. The molecule has 0 bridgehead atoms. The van der Waals surface area contributed by atoms with Crippen LogP contribution < -0.4 is 5.73 Å². The van der Waals surface area contributed by atoms with E-state index in [1.807, 2.05) is 0 Å². The molecule has 0 saturated heterocycles. The van der Waals surface area contributed by atoms with Gasteiger partial charge >= 0.3 is 0 Å². The molecule has 0 amide bonds. The molecule has 0 saturated carbocycles. The third kappa shape index (κ3) is 2.48. The molecule has 0 spiro atoms. The van der Waals surface area contributed by atoms with Crippen molar-refractivity contribution in [1.82, 2.24) is 0 Å². The van der Waals surface area contributed by atoms with Gasteiger partial charge in [-0.1, -0.05) is 34.6 Å². The van der Waals surface area contributed by atoms with Crippen molar-refractivity contribution < 1.29 is 5.48 Å². The average Bonchev–Trinajstić information content (AvgIpc) is 2.20. The summed E-state index contributed by atoms with van der Waals surface area (Å²) in [6, 6.07) is 0. The first-order valence-electron chi connectivity index (χ1n) is 5.84. The number of nitrogens with two attached hydrogens (primary N) is 1. The molecule has 0 rings (SSSR count). The molecule has 2 heteroatoms. The maximum Gasteiger partial charge on any atom is 0.0205 e. The lowest BCUT2D eigenvalue weighted by Gasteiger charge is -2.47. The molecule has 88 valence electrons. The van der Waals surface area contributed by atoms with Crippen LogP contribution in [0, 0.1) is 5.41 Å². The fraction of sp³-hybridized carbons (Fsp3) is 1.00. The van der Waals surface area contributed by atoms with Crippen molar-refractivity contribution in [3.63, 3.8) is 0 Å². The van der Waals surface area contributed by atoms with Gasteiger partial charge in [0.15, 0.2) is 0 Å². The van der Waals surface area contributed by atoms with Crippen LogP contribution in [0.5, 0.6) is 0 Å². The molecule has 14 heavy (non-hydrogen) atoms. The van der Waals surface area contributed by atoms with Crippen LogP contribution in [0.1, 0.15) is 66.7 Å². The quantitative estimate of drug-likeness (QED) is 0.709. The van der Waals surface area contributed by atoms with E-state index in [0.717, 1.165) is 12.8 Å². The average molecular weight is 203 g/mol. The Labute approximate surface area is 89.6 Å². The van der Waals surface area contributed by atoms with E-state index in [0.29, 0.717) is 5.41 Å². The van der Waals surface area contributed by atoms with Gasteiger partial charge in [0.25, 0.3) is 0 Å². The van der Waals surface area contributed by atoms with Gasteiger partial charge in [-0.3, -0.25) is 0 Å². The van der Waals surface area contributed by atoms with Crippen molar-refractivity contribution in [3.8, 4) is 0 Å². The first-order valence-corrected chi connectivity index (χ1v) is 5.84. The van der Waals surface area contributed by atoms with Gasteiger partial charge in [-0.15, -0.1) is 0 Å². The van der Waals surface area contributed by atoms with E-state index in [1.54, 1.807) is 0 Å². The van der Waals surface area contributed by atoms with E-state index in [2.05, 4.69) is 34.6 Å². The van der Waals surface area contributed by atoms with Gasteiger partial charge in [-0.05, 0) is 37.5 Å². The zero-order valence-electron chi connectivity index (χ0n) is 10.6. The SMILES string of the molecule is CCC(N)(CC)C(CC)(CC)CC.O. The fourth-order valence-corrected chi connectivity index (χ4v) is 2.81. The van der Waals surface area contributed by atoms with Gasteiger partial charge in [0.2, 0.25) is 0 Å². The summed E-state index contributed by atoms with van der Waals surface area (Å²) >= 11 is 0. The third-order valence-electron chi connectivity index (χ3n) is 4.35. The minimum absolute atomic E-state index is 0. The van der Waals surface area contributed by atoms with Crippen molar-refractivity contribution >= 4 is 0 Å². The number of hydrogen-bond donors (Lipinski definition) is 1. The predicted octanol–water partition coefficient (Wildman–Crippen LogP) is 2.90. The van der Waals surface area contributed by atoms with Crippen LogP contribution >= 0.6 is 0 Å². The molecule has 0 aliphatic rings. The highest BCUT2D eigenvalue weighted by Gasteiger charge is 2.41. The molecule has 2 nitrogen and oxygen atoms in total. The van der Waals surface area contributed by atoms with Gasteiger partial charge in [-0.25, -0.2) is 0 Å². The van der Waals surface area contributed by atoms with E-state index in [-0.39, 0.29) is 11.0 Å². The lowest BCUT2D eigenvalue weighted by atomic mass is 9.62. The number of rotatable bonds is 6. The normalized spacial score (nSPS) is 12.4. The van der Waals surface area contributed by atoms with E-state index >= 15 is 0 Å². The largest absolute Gasteiger partial charge is 0.412 e. The Bertz CT molecular complexity index is 129. The van der Waals surface area contributed by atoms with Gasteiger partial charge in [-0.2, -0.15) is 0 Å². The molecule has 0 radical (unpaired) electrons. The van der Waals surface area contributed by atoms with Crippen LogP contribution in [0.2, 0.25) is 0 Å². The predicted molar refractivity (Wildman–Crippen MR) is 64.4 cm³/mol. The number of hydrogen-bond acceptors (Lipinski definition) is 1. The molecule has 0 aromatic rings. The summed E-state index contributed by atoms with van der Waals surface area (Å²) in [5.74, 6) is 0. The van der Waals surface area contributed by atoms with Crippen LogP contribution in [0.25, 0.3) is 0 Å². The smallest absolute Gasteiger partial charge is 0.0205 e. The first-order chi connectivity index (χ1) is 6.05. The zero-order chi connectivity index (χ0) is 10.5. The van der Waals surface area contributed by atoms with Crippen LogP contribution in [0.15, 0.2) is 0 Å². The van der Waals surface area contributed by atoms with Crippen molar-refractivity contribution in [2.24, 2.45) is 11.1 Å². The zero-order valence-corrected chi connectivity index (χ0v) is 10.6. The Morgan fingerprint density at radius 1 is 0.714 bits per heavy atom. The molecule has 0 aliphatic heterocycles. The summed E-state index contributed by atoms with van der Waals surface area (Å²) < 4.78 is 0. The summed E-state index contributed by atoms with van der Waals surface area (Å²) in [4.78, 5) is 0. The Kier molecular flexibility index (Phi) is 7.49. The van der Waals surface area contributed by atoms with Crippen LogP contribution in [0.3, 0.4) is 0 Å². The lowest BCUT2D eigenvalue weighted by Crippen LogP contribution is -2.54. The highest BCUT2D eigenvalue weighted by atomic mass is 16.0. The van der Waals surface area contributed by atoms with Crippen LogP contribution in [-0.4, -0.2) is 11.0 Å². The molecular formula is C12H29NO. The highest BCUT2D eigenvalue weighted by Crippen LogP contribution is 2.43.